The van der Waals surface area contributed by atoms with Crippen molar-refractivity contribution in [2.75, 3.05) is 37.7 Å². The van der Waals surface area contributed by atoms with Gasteiger partial charge in [-0.15, -0.1) is 0 Å². The summed E-state index contributed by atoms with van der Waals surface area (Å²) in [5.41, 5.74) is 0. The molecule has 0 bridgehead atoms. The summed E-state index contributed by atoms with van der Waals surface area (Å²) in [5, 5.41) is 0. The van der Waals surface area contributed by atoms with E-state index in [0.717, 1.165) is 6.42 Å². The molecule has 1 aromatic heterocycles. The van der Waals surface area contributed by atoms with Crippen LogP contribution in [0.5, 0.6) is 5.75 Å². The van der Waals surface area contributed by atoms with Gasteiger partial charge in [-0.05, 0) is 30.7 Å². The second kappa shape index (κ2) is 7.77. The van der Waals surface area contributed by atoms with Crippen LogP contribution in [0.2, 0.25) is 0 Å². The summed E-state index contributed by atoms with van der Waals surface area (Å²) >= 11 is 0. The number of nitrogens with zero attached hydrogens (tertiary/aromatic N) is 3. The summed E-state index contributed by atoms with van der Waals surface area (Å²) in [7, 11) is 0. The van der Waals surface area contributed by atoms with E-state index in [0.29, 0.717) is 37.7 Å². The van der Waals surface area contributed by atoms with Gasteiger partial charge in [0.25, 0.3) is 5.91 Å². The van der Waals surface area contributed by atoms with Gasteiger partial charge in [-0.1, -0.05) is 18.2 Å². The van der Waals surface area contributed by atoms with Crippen molar-refractivity contribution in [1.29, 1.82) is 0 Å². The second-order valence-corrected chi connectivity index (χ2v) is 5.63. The zero-order chi connectivity index (χ0) is 16.8. The van der Waals surface area contributed by atoms with E-state index in [1.165, 1.54) is 6.07 Å². The van der Waals surface area contributed by atoms with Gasteiger partial charge in [-0.25, -0.2) is 9.37 Å². The summed E-state index contributed by atoms with van der Waals surface area (Å²) < 4.78 is 19.4. The van der Waals surface area contributed by atoms with Gasteiger partial charge in [-0.2, -0.15) is 0 Å². The van der Waals surface area contributed by atoms with Gasteiger partial charge in [0, 0.05) is 32.4 Å². The SMILES string of the molecule is O=C(COc1ccccc1)N1CCCN(c2ncccc2F)CC1. The molecule has 1 aliphatic rings. The molecule has 5 nitrogen and oxygen atoms in total. The maximum Gasteiger partial charge on any atom is 0.260 e. The number of carbonyl (C=O) groups excluding carboxylic acids is 1. The average Bonchev–Trinajstić information content (AvgIpc) is 2.87. The number of rotatable bonds is 4. The lowest BCUT2D eigenvalue weighted by Crippen LogP contribution is -2.38. The quantitative estimate of drug-likeness (QED) is 0.864. The van der Waals surface area contributed by atoms with Crippen LogP contribution in [0, 0.1) is 5.82 Å². The number of halogens is 1. The smallest absolute Gasteiger partial charge is 0.260 e. The van der Waals surface area contributed by atoms with Crippen LogP contribution in [-0.2, 0) is 4.79 Å². The van der Waals surface area contributed by atoms with Crippen molar-refractivity contribution in [1.82, 2.24) is 9.88 Å². The lowest BCUT2D eigenvalue weighted by molar-refractivity contribution is -0.133. The van der Waals surface area contributed by atoms with Gasteiger partial charge < -0.3 is 14.5 Å². The van der Waals surface area contributed by atoms with Crippen LogP contribution in [0.25, 0.3) is 0 Å². The summed E-state index contributed by atoms with van der Waals surface area (Å²) in [6, 6.07) is 12.3. The monoisotopic (exact) mass is 329 g/mol. The summed E-state index contributed by atoms with van der Waals surface area (Å²) in [6.45, 7) is 2.43. The number of amides is 1. The molecule has 1 amide bonds. The Labute approximate surface area is 140 Å². The van der Waals surface area contributed by atoms with Gasteiger partial charge >= 0.3 is 0 Å². The van der Waals surface area contributed by atoms with Gasteiger partial charge in [0.05, 0.1) is 0 Å². The number of anilines is 1. The Hall–Kier alpha value is -2.63. The highest BCUT2D eigenvalue weighted by Gasteiger charge is 2.21. The van der Waals surface area contributed by atoms with E-state index in [2.05, 4.69) is 4.98 Å². The fourth-order valence-corrected chi connectivity index (χ4v) is 2.74. The number of aromatic nitrogens is 1. The van der Waals surface area contributed by atoms with Crippen molar-refractivity contribution >= 4 is 11.7 Å². The molecule has 0 aliphatic carbocycles. The molecule has 0 atom stereocenters. The van der Waals surface area contributed by atoms with Crippen LogP contribution in [0.15, 0.2) is 48.7 Å². The number of hydrogen-bond donors (Lipinski definition) is 0. The Morgan fingerprint density at radius 3 is 2.71 bits per heavy atom. The van der Waals surface area contributed by atoms with E-state index in [9.17, 15) is 9.18 Å². The Morgan fingerprint density at radius 1 is 1.08 bits per heavy atom. The molecule has 1 aliphatic heterocycles. The summed E-state index contributed by atoms with van der Waals surface area (Å²) in [4.78, 5) is 20.1. The highest BCUT2D eigenvalue weighted by Crippen LogP contribution is 2.17. The van der Waals surface area contributed by atoms with Gasteiger partial charge in [0.2, 0.25) is 0 Å². The van der Waals surface area contributed by atoms with E-state index in [1.807, 2.05) is 35.2 Å². The number of hydrogen-bond acceptors (Lipinski definition) is 4. The Morgan fingerprint density at radius 2 is 1.92 bits per heavy atom. The number of pyridine rings is 1. The Balaban J connectivity index is 1.55. The van der Waals surface area contributed by atoms with Gasteiger partial charge in [0.1, 0.15) is 5.75 Å². The molecule has 1 fully saturated rings. The molecule has 1 aromatic carbocycles. The molecule has 0 N–H and O–H groups in total. The third-order valence-corrected chi connectivity index (χ3v) is 3.99. The van der Waals surface area contributed by atoms with Crippen molar-refractivity contribution in [2.24, 2.45) is 0 Å². The molecular formula is C18H20FN3O2. The largest absolute Gasteiger partial charge is 0.484 e. The predicted octanol–water partition coefficient (Wildman–Crippen LogP) is 2.34. The molecule has 0 radical (unpaired) electrons. The molecule has 0 saturated carbocycles. The molecule has 3 rings (SSSR count). The number of carbonyl (C=O) groups is 1. The van der Waals surface area contributed by atoms with Crippen LogP contribution >= 0.6 is 0 Å². The molecular weight excluding hydrogens is 309 g/mol. The lowest BCUT2D eigenvalue weighted by atomic mass is 10.3. The van der Waals surface area contributed by atoms with E-state index < -0.39 is 0 Å². The first-order valence-corrected chi connectivity index (χ1v) is 8.05. The average molecular weight is 329 g/mol. The van der Waals surface area contributed by atoms with Crippen LogP contribution in [0.4, 0.5) is 10.2 Å². The molecule has 2 aromatic rings. The van der Waals surface area contributed by atoms with Crippen molar-refractivity contribution in [3.63, 3.8) is 0 Å². The highest BCUT2D eigenvalue weighted by molar-refractivity contribution is 5.77. The van der Waals surface area contributed by atoms with E-state index in [4.69, 9.17) is 4.74 Å². The number of benzene rings is 1. The normalized spacial score (nSPS) is 15.0. The van der Waals surface area contributed by atoms with Crippen molar-refractivity contribution in [3.05, 3.63) is 54.5 Å². The molecule has 6 heteroatoms. The van der Waals surface area contributed by atoms with Crippen LogP contribution < -0.4 is 9.64 Å². The minimum atomic E-state index is -0.329. The third-order valence-electron chi connectivity index (χ3n) is 3.99. The van der Waals surface area contributed by atoms with E-state index in [-0.39, 0.29) is 18.3 Å². The van der Waals surface area contributed by atoms with Crippen molar-refractivity contribution in [2.45, 2.75) is 6.42 Å². The molecule has 24 heavy (non-hydrogen) atoms. The fourth-order valence-electron chi connectivity index (χ4n) is 2.74. The minimum absolute atomic E-state index is 0.0158. The predicted molar refractivity (Wildman–Crippen MR) is 89.5 cm³/mol. The van der Waals surface area contributed by atoms with Crippen LogP contribution in [0.1, 0.15) is 6.42 Å². The minimum Gasteiger partial charge on any atom is -0.484 e. The second-order valence-electron chi connectivity index (χ2n) is 5.63. The zero-order valence-electron chi connectivity index (χ0n) is 13.4. The summed E-state index contributed by atoms with van der Waals surface area (Å²) in [6.07, 6.45) is 2.35. The van der Waals surface area contributed by atoms with E-state index in [1.54, 1.807) is 17.2 Å². The zero-order valence-corrected chi connectivity index (χ0v) is 13.4. The molecule has 0 unspecified atom stereocenters. The van der Waals surface area contributed by atoms with Gasteiger partial charge in [0.15, 0.2) is 18.2 Å². The van der Waals surface area contributed by atoms with E-state index >= 15 is 0 Å². The molecule has 1 saturated heterocycles. The molecule has 126 valence electrons. The topological polar surface area (TPSA) is 45.7 Å². The fraction of sp³-hybridized carbons (Fsp3) is 0.333. The maximum absolute atomic E-state index is 13.9. The number of ether oxygens (including phenoxy) is 1. The third kappa shape index (κ3) is 4.01. The summed E-state index contributed by atoms with van der Waals surface area (Å²) in [5.74, 6) is 0.650. The first kappa shape index (κ1) is 16.2. The van der Waals surface area contributed by atoms with Crippen molar-refractivity contribution < 1.29 is 13.9 Å². The standard InChI is InChI=1S/C18H20FN3O2/c19-16-8-4-9-20-18(16)22-11-5-10-21(12-13-22)17(23)14-24-15-6-2-1-3-7-15/h1-4,6-9H,5,10-14H2. The van der Waals surface area contributed by atoms with Crippen molar-refractivity contribution in [3.8, 4) is 5.75 Å². The number of para-hydroxylation sites is 1. The first-order valence-electron chi connectivity index (χ1n) is 8.05. The Kier molecular flexibility index (Phi) is 5.25. The van der Waals surface area contributed by atoms with Crippen LogP contribution in [0.3, 0.4) is 0 Å². The maximum atomic E-state index is 13.9. The van der Waals surface area contributed by atoms with Gasteiger partial charge in [-0.3, -0.25) is 4.79 Å². The Bertz CT molecular complexity index is 681. The highest BCUT2D eigenvalue weighted by atomic mass is 19.1. The lowest BCUT2D eigenvalue weighted by Gasteiger charge is -2.23. The molecule has 2 heterocycles. The molecule has 0 spiro atoms. The van der Waals surface area contributed by atoms with Crippen LogP contribution in [-0.4, -0.2) is 48.6 Å². The first-order chi connectivity index (χ1) is 11.7.